The molecule has 0 radical (unpaired) electrons. The second kappa shape index (κ2) is 15.6. The number of para-hydroxylation sites is 3. The second-order valence-electron chi connectivity index (χ2n) is 17.6. The number of furan rings is 1. The van der Waals surface area contributed by atoms with Crippen LogP contribution in [0.2, 0.25) is 0 Å². The van der Waals surface area contributed by atoms with Gasteiger partial charge in [-0.15, -0.1) is 0 Å². The largest absolute Gasteiger partial charge is 0.456 e. The van der Waals surface area contributed by atoms with Crippen molar-refractivity contribution in [3.05, 3.63) is 237 Å². The van der Waals surface area contributed by atoms with E-state index in [4.69, 9.17) is 19.4 Å². The minimum atomic E-state index is 0.545. The molecule has 0 unspecified atom stereocenters. The zero-order valence-corrected chi connectivity index (χ0v) is 37.2. The van der Waals surface area contributed by atoms with Gasteiger partial charge in [-0.05, 0) is 100 Å². The van der Waals surface area contributed by atoms with E-state index in [1.807, 2.05) is 60.7 Å². The summed E-state index contributed by atoms with van der Waals surface area (Å²) >= 11 is 0. The van der Waals surface area contributed by atoms with Gasteiger partial charge in [0.1, 0.15) is 11.2 Å². The molecule has 69 heavy (non-hydrogen) atoms. The lowest BCUT2D eigenvalue weighted by Crippen LogP contribution is -2.06. The first-order valence-electron chi connectivity index (χ1n) is 23.3. The maximum absolute atomic E-state index is 6.32. The molecule has 0 aliphatic rings. The number of hydrogen-bond acceptors (Lipinski definition) is 4. The maximum Gasteiger partial charge on any atom is 0.238 e. The molecule has 0 N–H and O–H groups in total. The highest BCUT2D eigenvalue weighted by Crippen LogP contribution is 2.41. The standard InChI is InChI=1S/C63H39N5O/c1-4-17-40(18-5-1)45-35-46(41-19-6-2-7-20-41)37-47(36-45)67-54-27-13-10-23-48(54)52-38-43(31-33-56(52)67)44-32-34-57-53(39-44)49-24-11-14-28-55(49)68(57)63-65-61(42-21-8-3-9-22-42)64-62(66-63)51-26-16-30-59-60(51)50-25-12-15-29-58(50)69-59/h1-39H. The first kappa shape index (κ1) is 38.8. The van der Waals surface area contributed by atoms with Gasteiger partial charge >= 0.3 is 0 Å². The molecule has 0 aliphatic carbocycles. The zero-order valence-electron chi connectivity index (χ0n) is 37.2. The molecule has 4 aromatic heterocycles. The average Bonchev–Trinajstić information content (AvgIpc) is 4.09. The fraction of sp³-hybridized carbons (Fsp3) is 0. The third-order valence-corrected chi connectivity index (χ3v) is 13.6. The summed E-state index contributed by atoms with van der Waals surface area (Å²) in [5, 5.41) is 6.64. The smallest absolute Gasteiger partial charge is 0.238 e. The van der Waals surface area contributed by atoms with Crippen LogP contribution in [0.4, 0.5) is 0 Å². The summed E-state index contributed by atoms with van der Waals surface area (Å²) in [6.45, 7) is 0. The molecule has 322 valence electrons. The summed E-state index contributed by atoms with van der Waals surface area (Å²) in [5.41, 5.74) is 15.9. The van der Waals surface area contributed by atoms with E-state index in [9.17, 15) is 0 Å². The van der Waals surface area contributed by atoms with Crippen molar-refractivity contribution in [3.63, 3.8) is 0 Å². The van der Waals surface area contributed by atoms with Gasteiger partial charge in [0.05, 0.1) is 22.1 Å². The van der Waals surface area contributed by atoms with E-state index in [-0.39, 0.29) is 0 Å². The Hall–Kier alpha value is -9.39. The van der Waals surface area contributed by atoms with Gasteiger partial charge in [0.15, 0.2) is 11.6 Å². The van der Waals surface area contributed by atoms with Crippen LogP contribution in [0.1, 0.15) is 0 Å². The fourth-order valence-corrected chi connectivity index (χ4v) is 10.4. The van der Waals surface area contributed by atoms with Gasteiger partial charge in [-0.1, -0.05) is 170 Å². The van der Waals surface area contributed by atoms with Gasteiger partial charge in [0.2, 0.25) is 5.95 Å². The van der Waals surface area contributed by atoms with Gasteiger partial charge in [-0.25, -0.2) is 4.98 Å². The van der Waals surface area contributed by atoms with Crippen molar-refractivity contribution < 1.29 is 4.42 Å². The minimum Gasteiger partial charge on any atom is -0.456 e. The Kier molecular flexibility index (Phi) is 8.79. The molecule has 14 rings (SSSR count). The molecule has 6 nitrogen and oxygen atoms in total. The van der Waals surface area contributed by atoms with Crippen LogP contribution in [0.15, 0.2) is 241 Å². The first-order valence-corrected chi connectivity index (χ1v) is 23.3. The normalized spacial score (nSPS) is 11.8. The Morgan fingerprint density at radius 1 is 0.290 bits per heavy atom. The highest BCUT2D eigenvalue weighted by atomic mass is 16.3. The molecule has 0 atom stereocenters. The summed E-state index contributed by atoms with van der Waals surface area (Å²) in [6.07, 6.45) is 0. The van der Waals surface area contributed by atoms with Crippen LogP contribution in [-0.4, -0.2) is 24.1 Å². The van der Waals surface area contributed by atoms with Crippen LogP contribution in [0.5, 0.6) is 0 Å². The van der Waals surface area contributed by atoms with Crippen molar-refractivity contribution in [3.8, 4) is 67.8 Å². The van der Waals surface area contributed by atoms with Crippen molar-refractivity contribution in [1.82, 2.24) is 24.1 Å². The Balaban J connectivity index is 0.938. The van der Waals surface area contributed by atoms with E-state index < -0.39 is 0 Å². The predicted molar refractivity (Wildman–Crippen MR) is 283 cm³/mol. The van der Waals surface area contributed by atoms with E-state index in [2.05, 4.69) is 185 Å². The lowest BCUT2D eigenvalue weighted by Gasteiger charge is -2.14. The molecule has 0 aliphatic heterocycles. The molecule has 10 aromatic carbocycles. The molecule has 0 spiro atoms. The molecule has 4 heterocycles. The summed E-state index contributed by atoms with van der Waals surface area (Å²) < 4.78 is 10.9. The number of hydrogen-bond donors (Lipinski definition) is 0. The Labute approximate surface area is 396 Å². The van der Waals surface area contributed by atoms with Gasteiger partial charge in [0.25, 0.3) is 0 Å². The summed E-state index contributed by atoms with van der Waals surface area (Å²) in [5.74, 6) is 1.72. The van der Waals surface area contributed by atoms with Crippen LogP contribution in [0.25, 0.3) is 133 Å². The summed E-state index contributed by atoms with van der Waals surface area (Å²) in [7, 11) is 0. The highest BCUT2D eigenvalue weighted by molar-refractivity contribution is 6.14. The molecule has 0 amide bonds. The zero-order chi connectivity index (χ0) is 45.4. The fourth-order valence-electron chi connectivity index (χ4n) is 10.4. The molecule has 14 aromatic rings. The van der Waals surface area contributed by atoms with E-state index in [0.717, 1.165) is 82.7 Å². The topological polar surface area (TPSA) is 61.7 Å². The van der Waals surface area contributed by atoms with Crippen molar-refractivity contribution >= 4 is 65.6 Å². The SMILES string of the molecule is c1ccc(-c2cc(-c3ccccc3)cc(-n3c4ccccc4c4cc(-c5ccc6c(c5)c5ccccc5n6-c5nc(-c6ccccc6)nc(-c6cccc7oc8ccccc8c67)n5)ccc43)c2)cc1. The van der Waals surface area contributed by atoms with E-state index in [1.54, 1.807) is 0 Å². The predicted octanol–water partition coefficient (Wildman–Crippen LogP) is 16.3. The van der Waals surface area contributed by atoms with Crippen LogP contribution >= 0.6 is 0 Å². The number of benzene rings is 10. The van der Waals surface area contributed by atoms with Gasteiger partial charge in [-0.2, -0.15) is 9.97 Å². The van der Waals surface area contributed by atoms with Crippen molar-refractivity contribution in [2.45, 2.75) is 0 Å². The number of fused-ring (bicyclic) bond motifs is 9. The van der Waals surface area contributed by atoms with Crippen molar-refractivity contribution in [1.29, 1.82) is 0 Å². The highest BCUT2D eigenvalue weighted by Gasteiger charge is 2.22. The van der Waals surface area contributed by atoms with Crippen LogP contribution in [0.3, 0.4) is 0 Å². The van der Waals surface area contributed by atoms with E-state index in [1.165, 1.54) is 33.0 Å². The van der Waals surface area contributed by atoms with Crippen molar-refractivity contribution in [2.75, 3.05) is 0 Å². The Bertz CT molecular complexity index is 4240. The molecule has 0 fully saturated rings. The number of nitrogens with zero attached hydrogens (tertiary/aromatic N) is 5. The average molecular weight is 882 g/mol. The third-order valence-electron chi connectivity index (χ3n) is 13.6. The Morgan fingerprint density at radius 3 is 1.42 bits per heavy atom. The lowest BCUT2D eigenvalue weighted by molar-refractivity contribution is 0.669. The molecular formula is C63H39N5O. The van der Waals surface area contributed by atoms with Crippen LogP contribution in [-0.2, 0) is 0 Å². The maximum atomic E-state index is 6.32. The molecule has 0 saturated heterocycles. The van der Waals surface area contributed by atoms with Crippen LogP contribution < -0.4 is 0 Å². The minimum absolute atomic E-state index is 0.545. The van der Waals surface area contributed by atoms with E-state index in [0.29, 0.717) is 17.6 Å². The van der Waals surface area contributed by atoms with Gasteiger partial charge in [-0.3, -0.25) is 4.57 Å². The Morgan fingerprint density at radius 2 is 0.783 bits per heavy atom. The molecule has 0 saturated carbocycles. The van der Waals surface area contributed by atoms with Gasteiger partial charge < -0.3 is 8.98 Å². The van der Waals surface area contributed by atoms with Crippen LogP contribution in [0, 0.1) is 0 Å². The summed E-state index contributed by atoms with van der Waals surface area (Å²) in [6, 6.07) is 83.6. The lowest BCUT2D eigenvalue weighted by atomic mass is 9.98. The summed E-state index contributed by atoms with van der Waals surface area (Å²) in [4.78, 5) is 15.7. The first-order chi connectivity index (χ1) is 34.2. The number of rotatable bonds is 7. The molecule has 6 heteroatoms. The quantitative estimate of drug-likeness (QED) is 0.160. The monoisotopic (exact) mass is 881 g/mol. The number of aromatic nitrogens is 5. The third kappa shape index (κ3) is 6.38. The molecule has 0 bridgehead atoms. The molecular weight excluding hydrogens is 843 g/mol. The van der Waals surface area contributed by atoms with Gasteiger partial charge in [0, 0.05) is 49.1 Å². The van der Waals surface area contributed by atoms with Crippen molar-refractivity contribution in [2.24, 2.45) is 0 Å². The second-order valence-corrected chi connectivity index (χ2v) is 17.6. The van der Waals surface area contributed by atoms with E-state index >= 15 is 0 Å².